The first-order valence-corrected chi connectivity index (χ1v) is 9.22. The Kier molecular flexibility index (Phi) is 10.4. The van der Waals surface area contributed by atoms with Crippen molar-refractivity contribution in [3.63, 3.8) is 0 Å². The molecule has 3 amide bonds. The smallest absolute Gasteiger partial charge is 0.315 e. The molecule has 1 aliphatic carbocycles. The van der Waals surface area contributed by atoms with E-state index in [0.717, 1.165) is 18.4 Å². The SMILES string of the molecule is Cl.NCC(NC(=O)CNC(=O)NCc1ccc(Cl)cc1)C1CCCCC1. The number of amides is 3. The zero-order valence-corrected chi connectivity index (χ0v) is 16.4. The number of benzene rings is 1. The Morgan fingerprint density at radius 3 is 2.38 bits per heavy atom. The van der Waals surface area contributed by atoms with Gasteiger partial charge >= 0.3 is 6.03 Å². The molecule has 1 saturated carbocycles. The van der Waals surface area contributed by atoms with Gasteiger partial charge in [0.15, 0.2) is 0 Å². The molecule has 0 saturated heterocycles. The molecule has 1 aliphatic rings. The quantitative estimate of drug-likeness (QED) is 0.564. The van der Waals surface area contributed by atoms with Gasteiger partial charge in [0.25, 0.3) is 0 Å². The molecule has 8 heteroatoms. The largest absolute Gasteiger partial charge is 0.350 e. The maximum Gasteiger partial charge on any atom is 0.315 e. The summed E-state index contributed by atoms with van der Waals surface area (Å²) in [5.74, 6) is 0.240. The molecule has 0 bridgehead atoms. The molecule has 6 nitrogen and oxygen atoms in total. The van der Waals surface area contributed by atoms with E-state index in [0.29, 0.717) is 24.0 Å². The fraction of sp³-hybridized carbons (Fsp3) is 0.556. The fourth-order valence-corrected chi connectivity index (χ4v) is 3.30. The van der Waals surface area contributed by atoms with Crippen molar-refractivity contribution < 1.29 is 9.59 Å². The number of rotatable bonds is 7. The monoisotopic (exact) mass is 402 g/mol. The Morgan fingerprint density at radius 2 is 1.77 bits per heavy atom. The van der Waals surface area contributed by atoms with Crippen LogP contribution < -0.4 is 21.7 Å². The molecule has 5 N–H and O–H groups in total. The van der Waals surface area contributed by atoms with E-state index < -0.39 is 0 Å². The molecular formula is C18H28Cl2N4O2. The number of urea groups is 1. The number of hydrogen-bond acceptors (Lipinski definition) is 3. The standard InChI is InChI=1S/C18H27ClN4O2.ClH/c19-15-8-6-13(7-9-15)11-21-18(25)22-12-17(24)23-16(10-20)14-4-2-1-3-5-14;/h6-9,14,16H,1-5,10-12,20H2,(H,23,24)(H2,21,22,25);1H. The Bertz CT molecular complexity index is 563. The van der Waals surface area contributed by atoms with Gasteiger partial charge in [0.1, 0.15) is 0 Å². The third-order valence-electron chi connectivity index (χ3n) is 4.60. The molecule has 0 heterocycles. The summed E-state index contributed by atoms with van der Waals surface area (Å²) in [6.45, 7) is 0.743. The average molecular weight is 403 g/mol. The highest BCUT2D eigenvalue weighted by molar-refractivity contribution is 6.30. The van der Waals surface area contributed by atoms with Gasteiger partial charge in [-0.15, -0.1) is 12.4 Å². The van der Waals surface area contributed by atoms with Crippen LogP contribution in [0.2, 0.25) is 5.02 Å². The summed E-state index contributed by atoms with van der Waals surface area (Å²) >= 11 is 5.82. The highest BCUT2D eigenvalue weighted by Gasteiger charge is 2.23. The maximum atomic E-state index is 12.0. The maximum absolute atomic E-state index is 12.0. The summed E-state index contributed by atoms with van der Waals surface area (Å²) in [6.07, 6.45) is 5.87. The van der Waals surface area contributed by atoms with Crippen LogP contribution in [0.1, 0.15) is 37.7 Å². The topological polar surface area (TPSA) is 96.2 Å². The van der Waals surface area contributed by atoms with Crippen LogP contribution in [0.15, 0.2) is 24.3 Å². The Morgan fingerprint density at radius 1 is 1.12 bits per heavy atom. The van der Waals surface area contributed by atoms with Crippen LogP contribution in [0.4, 0.5) is 4.79 Å². The van der Waals surface area contributed by atoms with Crippen molar-refractivity contribution in [3.05, 3.63) is 34.9 Å². The zero-order chi connectivity index (χ0) is 18.1. The second kappa shape index (κ2) is 12.0. The molecule has 0 aliphatic heterocycles. The van der Waals surface area contributed by atoms with Gasteiger partial charge in [-0.2, -0.15) is 0 Å². The molecule has 1 fully saturated rings. The van der Waals surface area contributed by atoms with E-state index in [1.165, 1.54) is 19.3 Å². The molecule has 1 unspecified atom stereocenters. The predicted octanol–water partition coefficient (Wildman–Crippen LogP) is 2.58. The minimum atomic E-state index is -0.382. The molecule has 0 radical (unpaired) electrons. The van der Waals surface area contributed by atoms with E-state index in [1.807, 2.05) is 12.1 Å². The first kappa shape index (κ1) is 22.5. The molecule has 1 aromatic carbocycles. The Hall–Kier alpha value is -1.50. The molecule has 0 spiro atoms. The van der Waals surface area contributed by atoms with Crippen molar-refractivity contribution in [2.45, 2.75) is 44.7 Å². The Balaban J connectivity index is 0.00000338. The first-order valence-electron chi connectivity index (χ1n) is 8.84. The molecule has 1 atom stereocenters. The number of nitrogens with one attached hydrogen (secondary N) is 3. The third kappa shape index (κ3) is 7.81. The lowest BCUT2D eigenvalue weighted by Gasteiger charge is -2.30. The second-order valence-electron chi connectivity index (χ2n) is 6.47. The van der Waals surface area contributed by atoms with Gasteiger partial charge in [-0.25, -0.2) is 4.79 Å². The van der Waals surface area contributed by atoms with Crippen molar-refractivity contribution in [1.29, 1.82) is 0 Å². The summed E-state index contributed by atoms with van der Waals surface area (Å²) < 4.78 is 0. The fourth-order valence-electron chi connectivity index (χ4n) is 3.17. The van der Waals surface area contributed by atoms with E-state index in [1.54, 1.807) is 12.1 Å². The van der Waals surface area contributed by atoms with Gasteiger partial charge in [-0.1, -0.05) is 43.0 Å². The van der Waals surface area contributed by atoms with Gasteiger partial charge in [-0.3, -0.25) is 4.79 Å². The number of hydrogen-bond donors (Lipinski definition) is 4. The lowest BCUT2D eigenvalue weighted by atomic mass is 9.84. The van der Waals surface area contributed by atoms with Crippen LogP contribution in [0.25, 0.3) is 0 Å². The summed E-state index contributed by atoms with van der Waals surface area (Å²) in [7, 11) is 0. The minimum Gasteiger partial charge on any atom is -0.350 e. The van der Waals surface area contributed by atoms with Crippen LogP contribution in [-0.4, -0.2) is 31.1 Å². The van der Waals surface area contributed by atoms with E-state index >= 15 is 0 Å². The zero-order valence-electron chi connectivity index (χ0n) is 14.8. The van der Waals surface area contributed by atoms with Crippen LogP contribution >= 0.6 is 24.0 Å². The van der Waals surface area contributed by atoms with Gasteiger partial charge in [-0.05, 0) is 36.5 Å². The third-order valence-corrected chi connectivity index (χ3v) is 4.85. The summed E-state index contributed by atoms with van der Waals surface area (Å²) in [6, 6.07) is 6.82. The van der Waals surface area contributed by atoms with E-state index in [2.05, 4.69) is 16.0 Å². The molecule has 146 valence electrons. The number of carbonyl (C=O) groups excluding carboxylic acids is 2. The first-order chi connectivity index (χ1) is 12.1. The average Bonchev–Trinajstić information content (AvgIpc) is 2.64. The highest BCUT2D eigenvalue weighted by Crippen LogP contribution is 2.26. The normalized spacial score (nSPS) is 15.5. The van der Waals surface area contributed by atoms with Gasteiger partial charge in [0.2, 0.25) is 5.91 Å². The van der Waals surface area contributed by atoms with Crippen molar-refractivity contribution in [1.82, 2.24) is 16.0 Å². The molecule has 1 aromatic rings. The molecular weight excluding hydrogens is 375 g/mol. The predicted molar refractivity (Wildman–Crippen MR) is 106 cm³/mol. The van der Waals surface area contributed by atoms with E-state index in [4.69, 9.17) is 17.3 Å². The highest BCUT2D eigenvalue weighted by atomic mass is 35.5. The number of carbonyl (C=O) groups is 2. The molecule has 26 heavy (non-hydrogen) atoms. The lowest BCUT2D eigenvalue weighted by Crippen LogP contribution is -2.50. The van der Waals surface area contributed by atoms with Crippen LogP contribution in [0.3, 0.4) is 0 Å². The van der Waals surface area contributed by atoms with Crippen LogP contribution in [0.5, 0.6) is 0 Å². The minimum absolute atomic E-state index is 0. The van der Waals surface area contributed by atoms with Gasteiger partial charge < -0.3 is 21.7 Å². The van der Waals surface area contributed by atoms with Crippen molar-refractivity contribution >= 4 is 35.9 Å². The van der Waals surface area contributed by atoms with Crippen molar-refractivity contribution in [2.75, 3.05) is 13.1 Å². The Labute approximate surface area is 166 Å². The second-order valence-corrected chi connectivity index (χ2v) is 6.91. The summed E-state index contributed by atoms with van der Waals surface area (Å²) in [5, 5.41) is 8.88. The number of nitrogens with two attached hydrogens (primary N) is 1. The number of halogens is 2. The van der Waals surface area contributed by atoms with Gasteiger partial charge in [0, 0.05) is 24.2 Å². The van der Waals surface area contributed by atoms with Crippen molar-refractivity contribution in [2.24, 2.45) is 11.7 Å². The van der Waals surface area contributed by atoms with Crippen LogP contribution in [0, 0.1) is 5.92 Å². The summed E-state index contributed by atoms with van der Waals surface area (Å²) in [4.78, 5) is 23.8. The summed E-state index contributed by atoms with van der Waals surface area (Å²) in [5.41, 5.74) is 6.74. The van der Waals surface area contributed by atoms with Crippen LogP contribution in [-0.2, 0) is 11.3 Å². The lowest BCUT2D eigenvalue weighted by molar-refractivity contribution is -0.121. The molecule has 2 rings (SSSR count). The molecule has 0 aromatic heterocycles. The van der Waals surface area contributed by atoms with Gasteiger partial charge in [0.05, 0.1) is 6.54 Å². The van der Waals surface area contributed by atoms with E-state index in [-0.39, 0.29) is 36.9 Å². The van der Waals surface area contributed by atoms with E-state index in [9.17, 15) is 9.59 Å². The van der Waals surface area contributed by atoms with Crippen molar-refractivity contribution in [3.8, 4) is 0 Å².